The van der Waals surface area contributed by atoms with Crippen LogP contribution in [0.2, 0.25) is 0 Å². The van der Waals surface area contributed by atoms with Gasteiger partial charge in [0.05, 0.1) is 10.6 Å². The van der Waals surface area contributed by atoms with Gasteiger partial charge in [-0.15, -0.1) is 11.3 Å². The Labute approximate surface area is 115 Å². The van der Waals surface area contributed by atoms with Crippen molar-refractivity contribution in [2.45, 2.75) is 20.3 Å². The molecule has 5 nitrogen and oxygen atoms in total. The second-order valence-corrected chi connectivity index (χ2v) is 5.24. The number of hydrogen-bond donors (Lipinski definition) is 2. The molecular formula is C13H16N4OS. The number of amides is 1. The van der Waals surface area contributed by atoms with Crippen LogP contribution < -0.4 is 11.1 Å². The Morgan fingerprint density at radius 1 is 1.42 bits per heavy atom. The molecule has 1 amide bonds. The smallest absolute Gasteiger partial charge is 0.254 e. The van der Waals surface area contributed by atoms with Crippen molar-refractivity contribution in [1.29, 1.82) is 0 Å². The summed E-state index contributed by atoms with van der Waals surface area (Å²) in [5, 5.41) is 5.84. The van der Waals surface area contributed by atoms with Gasteiger partial charge >= 0.3 is 0 Å². The number of aryl methyl sites for hydroxylation is 2. The van der Waals surface area contributed by atoms with E-state index in [1.54, 1.807) is 17.4 Å². The quantitative estimate of drug-likeness (QED) is 0.890. The molecule has 0 aliphatic heterocycles. The number of anilines is 1. The fourth-order valence-electron chi connectivity index (χ4n) is 1.67. The number of nitrogens with one attached hydrogen (secondary N) is 1. The number of aromatic nitrogens is 2. The van der Waals surface area contributed by atoms with E-state index in [1.807, 2.05) is 19.2 Å². The molecule has 0 spiro atoms. The lowest BCUT2D eigenvalue weighted by atomic mass is 10.2. The van der Waals surface area contributed by atoms with E-state index in [-0.39, 0.29) is 5.91 Å². The first-order valence-electron chi connectivity index (χ1n) is 5.97. The lowest BCUT2D eigenvalue weighted by Gasteiger charge is -2.06. The summed E-state index contributed by atoms with van der Waals surface area (Å²) in [4.78, 5) is 20.3. The molecule has 2 aromatic heterocycles. The minimum absolute atomic E-state index is 0.196. The van der Waals surface area contributed by atoms with Crippen LogP contribution in [0.15, 0.2) is 17.6 Å². The fraction of sp³-hybridized carbons (Fsp3) is 0.308. The monoisotopic (exact) mass is 276 g/mol. The molecule has 0 aliphatic carbocycles. The highest BCUT2D eigenvalue weighted by atomic mass is 32.1. The third kappa shape index (κ3) is 3.51. The number of rotatable bonds is 4. The molecule has 2 aromatic rings. The van der Waals surface area contributed by atoms with E-state index >= 15 is 0 Å². The van der Waals surface area contributed by atoms with E-state index < -0.39 is 0 Å². The first kappa shape index (κ1) is 13.5. The lowest BCUT2D eigenvalue weighted by Crippen LogP contribution is -2.26. The van der Waals surface area contributed by atoms with Gasteiger partial charge < -0.3 is 11.1 Å². The van der Waals surface area contributed by atoms with Crippen LogP contribution in [0.5, 0.6) is 0 Å². The van der Waals surface area contributed by atoms with E-state index in [1.165, 1.54) is 6.20 Å². The number of nitrogen functional groups attached to an aromatic ring is 1. The molecule has 0 unspecified atom stereocenters. The molecule has 0 aromatic carbocycles. The zero-order valence-electron chi connectivity index (χ0n) is 10.9. The Morgan fingerprint density at radius 2 is 2.21 bits per heavy atom. The first-order chi connectivity index (χ1) is 9.06. The maximum absolute atomic E-state index is 11.9. The van der Waals surface area contributed by atoms with Gasteiger partial charge in [0.25, 0.3) is 5.91 Å². The Morgan fingerprint density at radius 3 is 2.84 bits per heavy atom. The van der Waals surface area contributed by atoms with Gasteiger partial charge in [0.1, 0.15) is 0 Å². The Bertz CT molecular complexity index is 594. The van der Waals surface area contributed by atoms with Gasteiger partial charge in [-0.2, -0.15) is 0 Å². The lowest BCUT2D eigenvalue weighted by molar-refractivity contribution is 0.0954. The standard InChI is InChI=1S/C13H16N4OS/c1-8-5-11(14)10(6-16-8)13(18)15-4-3-12-17-9(2)7-19-12/h5-7H,3-4H2,1-2H3,(H2,14,16)(H,15,18). The zero-order chi connectivity index (χ0) is 13.8. The highest BCUT2D eigenvalue weighted by Gasteiger charge is 2.10. The number of carbonyl (C=O) groups is 1. The van der Waals surface area contributed by atoms with Crippen LogP contribution >= 0.6 is 11.3 Å². The van der Waals surface area contributed by atoms with Crippen molar-refractivity contribution in [3.8, 4) is 0 Å². The molecule has 0 radical (unpaired) electrons. The minimum Gasteiger partial charge on any atom is -0.398 e. The highest BCUT2D eigenvalue weighted by molar-refractivity contribution is 7.09. The van der Waals surface area contributed by atoms with E-state index in [0.717, 1.165) is 22.8 Å². The van der Waals surface area contributed by atoms with Crippen molar-refractivity contribution in [1.82, 2.24) is 15.3 Å². The summed E-state index contributed by atoms with van der Waals surface area (Å²) in [7, 11) is 0. The Kier molecular flexibility index (Phi) is 4.11. The topological polar surface area (TPSA) is 80.9 Å². The van der Waals surface area contributed by atoms with Crippen LogP contribution in [0.1, 0.15) is 26.8 Å². The second-order valence-electron chi connectivity index (χ2n) is 4.30. The van der Waals surface area contributed by atoms with Crippen LogP contribution in [-0.2, 0) is 6.42 Å². The zero-order valence-corrected chi connectivity index (χ0v) is 11.8. The third-order valence-electron chi connectivity index (χ3n) is 2.61. The molecule has 0 aliphatic rings. The number of nitrogens with two attached hydrogens (primary N) is 1. The van der Waals surface area contributed by atoms with Gasteiger partial charge in [0, 0.05) is 41.6 Å². The SMILES string of the molecule is Cc1cc(N)c(C(=O)NCCc2nc(C)cs2)cn1. The summed E-state index contributed by atoms with van der Waals surface area (Å²) >= 11 is 1.60. The van der Waals surface area contributed by atoms with Gasteiger partial charge in [0.2, 0.25) is 0 Å². The molecule has 3 N–H and O–H groups in total. The van der Waals surface area contributed by atoms with E-state index in [2.05, 4.69) is 15.3 Å². The number of pyridine rings is 1. The maximum Gasteiger partial charge on any atom is 0.254 e. The number of carbonyl (C=O) groups excluding carboxylic acids is 1. The van der Waals surface area contributed by atoms with Gasteiger partial charge in [-0.25, -0.2) is 4.98 Å². The van der Waals surface area contributed by atoms with Gasteiger partial charge in [-0.05, 0) is 19.9 Å². The molecule has 0 bridgehead atoms. The molecule has 0 fully saturated rings. The molecule has 19 heavy (non-hydrogen) atoms. The van der Waals surface area contributed by atoms with Gasteiger partial charge in [0.15, 0.2) is 0 Å². The van der Waals surface area contributed by atoms with Crippen LogP contribution in [-0.4, -0.2) is 22.4 Å². The Hall–Kier alpha value is -1.95. The van der Waals surface area contributed by atoms with Crippen molar-refractivity contribution in [2.24, 2.45) is 0 Å². The fourth-order valence-corrected chi connectivity index (χ4v) is 2.44. The maximum atomic E-state index is 11.9. The number of hydrogen-bond acceptors (Lipinski definition) is 5. The average Bonchev–Trinajstić information content (AvgIpc) is 2.75. The molecule has 0 saturated heterocycles. The minimum atomic E-state index is -0.196. The summed E-state index contributed by atoms with van der Waals surface area (Å²) in [6.07, 6.45) is 2.23. The van der Waals surface area contributed by atoms with Gasteiger partial charge in [-0.3, -0.25) is 9.78 Å². The number of nitrogens with zero attached hydrogens (tertiary/aromatic N) is 2. The van der Waals surface area contributed by atoms with Crippen LogP contribution in [0.25, 0.3) is 0 Å². The molecular weight excluding hydrogens is 260 g/mol. The Balaban J connectivity index is 1.90. The summed E-state index contributed by atoms with van der Waals surface area (Å²) in [6, 6.07) is 1.69. The van der Waals surface area contributed by atoms with Crippen LogP contribution in [0.4, 0.5) is 5.69 Å². The molecule has 2 heterocycles. The second kappa shape index (κ2) is 5.79. The largest absolute Gasteiger partial charge is 0.398 e. The number of thiazole rings is 1. The molecule has 2 rings (SSSR count). The van der Waals surface area contributed by atoms with Crippen molar-refractivity contribution >= 4 is 22.9 Å². The van der Waals surface area contributed by atoms with Crippen molar-refractivity contribution in [3.05, 3.63) is 39.6 Å². The molecule has 0 atom stereocenters. The summed E-state index contributed by atoms with van der Waals surface area (Å²) in [5.41, 5.74) is 8.48. The van der Waals surface area contributed by atoms with E-state index in [4.69, 9.17) is 5.73 Å². The predicted octanol–water partition coefficient (Wildman–Crippen LogP) is 1.71. The van der Waals surface area contributed by atoms with E-state index in [9.17, 15) is 4.79 Å². The third-order valence-corrected chi connectivity index (χ3v) is 3.63. The van der Waals surface area contributed by atoms with Gasteiger partial charge in [-0.1, -0.05) is 0 Å². The molecule has 6 heteroatoms. The van der Waals surface area contributed by atoms with E-state index in [0.29, 0.717) is 17.8 Å². The normalized spacial score (nSPS) is 10.4. The highest BCUT2D eigenvalue weighted by Crippen LogP contribution is 2.11. The summed E-state index contributed by atoms with van der Waals surface area (Å²) < 4.78 is 0. The van der Waals surface area contributed by atoms with Crippen LogP contribution in [0.3, 0.4) is 0 Å². The van der Waals surface area contributed by atoms with Crippen molar-refractivity contribution in [2.75, 3.05) is 12.3 Å². The summed E-state index contributed by atoms with van der Waals surface area (Å²) in [6.45, 7) is 4.33. The molecule has 0 saturated carbocycles. The average molecular weight is 276 g/mol. The van der Waals surface area contributed by atoms with Crippen LogP contribution in [0, 0.1) is 13.8 Å². The molecule has 100 valence electrons. The summed E-state index contributed by atoms with van der Waals surface area (Å²) in [5.74, 6) is -0.196. The predicted molar refractivity (Wildman–Crippen MR) is 76.3 cm³/mol. The first-order valence-corrected chi connectivity index (χ1v) is 6.85. The van der Waals surface area contributed by atoms with Crippen molar-refractivity contribution in [3.63, 3.8) is 0 Å². The van der Waals surface area contributed by atoms with Crippen molar-refractivity contribution < 1.29 is 4.79 Å².